The highest BCUT2D eigenvalue weighted by molar-refractivity contribution is 5.98. The molecule has 1 amide bonds. The minimum Gasteiger partial charge on any atom is -0.511 e. The summed E-state index contributed by atoms with van der Waals surface area (Å²) in [5.74, 6) is 1.36. The van der Waals surface area contributed by atoms with Gasteiger partial charge in [-0.1, -0.05) is 43.3 Å². The average molecular weight is 462 g/mol. The summed E-state index contributed by atoms with van der Waals surface area (Å²) in [5, 5.41) is 17.3. The van der Waals surface area contributed by atoms with Crippen molar-refractivity contribution in [1.82, 2.24) is 15.6 Å². The van der Waals surface area contributed by atoms with Gasteiger partial charge in [-0.15, -0.1) is 0 Å². The lowest BCUT2D eigenvalue weighted by atomic mass is 9.93. The van der Waals surface area contributed by atoms with Crippen molar-refractivity contribution in [3.63, 3.8) is 0 Å². The molecule has 4 N–H and O–H groups in total. The molecule has 0 saturated carbocycles. The highest BCUT2D eigenvalue weighted by Gasteiger charge is 2.18. The van der Waals surface area contributed by atoms with Crippen LogP contribution in [0.25, 0.3) is 10.9 Å². The van der Waals surface area contributed by atoms with Gasteiger partial charge >= 0.3 is 0 Å². The van der Waals surface area contributed by atoms with Crippen molar-refractivity contribution >= 4 is 16.8 Å². The second-order valence-electron chi connectivity index (χ2n) is 9.17. The first-order valence-corrected chi connectivity index (χ1v) is 12.3. The van der Waals surface area contributed by atoms with E-state index in [4.69, 9.17) is 4.74 Å². The van der Waals surface area contributed by atoms with Gasteiger partial charge in [0.2, 0.25) is 0 Å². The molecule has 1 aliphatic rings. The standard InChI is InChI=1S/C28H35N3O3/c1-20(32)26(31-28(33)27-19-23-7-2-3-8-25(23)30-27)18-22-9-11-24(12-10-22)34-17-5-4-6-21-13-15-29-16-14-21/h2-3,7-12,19,21,26,29-30,32H,1,4-6,13-18H2,(H,31,33)/t26-/m0/s1. The quantitative estimate of drug-likeness (QED) is 0.236. The van der Waals surface area contributed by atoms with Crippen molar-refractivity contribution in [2.45, 2.75) is 44.6 Å². The van der Waals surface area contributed by atoms with Crippen LogP contribution < -0.4 is 15.4 Å². The number of carbonyl (C=O) groups is 1. The molecule has 2 heterocycles. The smallest absolute Gasteiger partial charge is 0.268 e. The summed E-state index contributed by atoms with van der Waals surface area (Å²) < 4.78 is 5.90. The first kappa shape index (κ1) is 23.9. The predicted octanol–water partition coefficient (Wildman–Crippen LogP) is 5.13. The number of aliphatic hydroxyl groups is 1. The highest BCUT2D eigenvalue weighted by Crippen LogP contribution is 2.20. The zero-order valence-electron chi connectivity index (χ0n) is 19.7. The van der Waals surface area contributed by atoms with E-state index >= 15 is 0 Å². The summed E-state index contributed by atoms with van der Waals surface area (Å²) in [6, 6.07) is 16.8. The largest absolute Gasteiger partial charge is 0.511 e. The molecule has 0 radical (unpaired) electrons. The van der Waals surface area contributed by atoms with Gasteiger partial charge < -0.3 is 25.5 Å². The van der Waals surface area contributed by atoms with Crippen LogP contribution in [0.3, 0.4) is 0 Å². The van der Waals surface area contributed by atoms with Gasteiger partial charge in [-0.2, -0.15) is 0 Å². The number of aromatic amines is 1. The minimum atomic E-state index is -0.583. The Balaban J connectivity index is 1.24. The van der Waals surface area contributed by atoms with E-state index in [0.29, 0.717) is 12.1 Å². The number of piperidine rings is 1. The van der Waals surface area contributed by atoms with E-state index in [1.165, 1.54) is 25.7 Å². The lowest BCUT2D eigenvalue weighted by molar-refractivity contribution is 0.0929. The molecular formula is C28H35N3O3. The van der Waals surface area contributed by atoms with Crippen LogP contribution in [0.5, 0.6) is 5.75 Å². The van der Waals surface area contributed by atoms with E-state index in [2.05, 4.69) is 22.2 Å². The lowest BCUT2D eigenvalue weighted by Gasteiger charge is -2.22. The van der Waals surface area contributed by atoms with Gasteiger partial charge in [0, 0.05) is 10.9 Å². The number of para-hydroxylation sites is 1. The van der Waals surface area contributed by atoms with Crippen molar-refractivity contribution in [3.05, 3.63) is 78.2 Å². The molecule has 0 aliphatic carbocycles. The molecule has 6 heteroatoms. The van der Waals surface area contributed by atoms with E-state index in [0.717, 1.165) is 54.3 Å². The topological polar surface area (TPSA) is 86.4 Å². The van der Waals surface area contributed by atoms with Crippen LogP contribution in [0, 0.1) is 5.92 Å². The lowest BCUT2D eigenvalue weighted by Crippen LogP contribution is -2.37. The summed E-state index contributed by atoms with van der Waals surface area (Å²) in [5.41, 5.74) is 2.33. The third-order valence-corrected chi connectivity index (χ3v) is 6.58. The minimum absolute atomic E-state index is 0.0708. The van der Waals surface area contributed by atoms with Gasteiger partial charge in [0.1, 0.15) is 17.2 Å². The average Bonchev–Trinajstić information content (AvgIpc) is 3.29. The maximum atomic E-state index is 12.7. The third kappa shape index (κ3) is 6.64. The van der Waals surface area contributed by atoms with Crippen LogP contribution >= 0.6 is 0 Å². The zero-order chi connectivity index (χ0) is 23.8. The van der Waals surface area contributed by atoms with Gasteiger partial charge in [0.25, 0.3) is 5.91 Å². The number of benzene rings is 2. The Kier molecular flexibility index (Phi) is 8.26. The van der Waals surface area contributed by atoms with E-state index in [9.17, 15) is 9.90 Å². The number of unbranched alkanes of at least 4 members (excludes halogenated alkanes) is 1. The maximum Gasteiger partial charge on any atom is 0.268 e. The first-order chi connectivity index (χ1) is 16.6. The molecule has 6 nitrogen and oxygen atoms in total. The normalized spacial score (nSPS) is 15.2. The van der Waals surface area contributed by atoms with Crippen molar-refractivity contribution in [3.8, 4) is 5.75 Å². The molecule has 1 saturated heterocycles. The number of fused-ring (bicyclic) bond motifs is 1. The molecule has 1 fully saturated rings. The first-order valence-electron chi connectivity index (χ1n) is 12.3. The molecule has 1 aliphatic heterocycles. The molecule has 0 spiro atoms. The predicted molar refractivity (Wildman–Crippen MR) is 136 cm³/mol. The number of rotatable bonds is 11. The van der Waals surface area contributed by atoms with E-state index < -0.39 is 6.04 Å². The fraction of sp³-hybridized carbons (Fsp3) is 0.393. The Morgan fingerprint density at radius 2 is 1.88 bits per heavy atom. The number of aliphatic hydroxyl groups excluding tert-OH is 1. The summed E-state index contributed by atoms with van der Waals surface area (Å²) in [4.78, 5) is 15.8. The number of nitrogens with one attached hydrogen (secondary N) is 3. The fourth-order valence-electron chi connectivity index (χ4n) is 4.54. The Labute approximate surface area is 201 Å². The summed E-state index contributed by atoms with van der Waals surface area (Å²) >= 11 is 0. The van der Waals surface area contributed by atoms with Crippen molar-refractivity contribution in [2.75, 3.05) is 19.7 Å². The van der Waals surface area contributed by atoms with E-state index in [-0.39, 0.29) is 11.7 Å². The molecule has 0 unspecified atom stereocenters. The molecular weight excluding hydrogens is 426 g/mol. The van der Waals surface area contributed by atoms with Crippen LogP contribution in [0.2, 0.25) is 0 Å². The van der Waals surface area contributed by atoms with Gasteiger partial charge in [0.05, 0.1) is 12.6 Å². The van der Waals surface area contributed by atoms with Gasteiger partial charge in [-0.25, -0.2) is 0 Å². The summed E-state index contributed by atoms with van der Waals surface area (Å²) in [7, 11) is 0. The van der Waals surface area contributed by atoms with Crippen molar-refractivity contribution in [2.24, 2.45) is 5.92 Å². The molecule has 1 aromatic heterocycles. The van der Waals surface area contributed by atoms with E-state index in [1.54, 1.807) is 6.07 Å². The van der Waals surface area contributed by atoms with Crippen molar-refractivity contribution < 1.29 is 14.6 Å². The van der Waals surface area contributed by atoms with Gasteiger partial charge in [0.15, 0.2) is 0 Å². The highest BCUT2D eigenvalue weighted by atomic mass is 16.5. The summed E-state index contributed by atoms with van der Waals surface area (Å²) in [6.07, 6.45) is 6.60. The number of aromatic nitrogens is 1. The van der Waals surface area contributed by atoms with E-state index in [1.807, 2.05) is 48.5 Å². The Bertz CT molecular complexity index is 1050. The fourth-order valence-corrected chi connectivity index (χ4v) is 4.54. The maximum absolute atomic E-state index is 12.7. The second-order valence-corrected chi connectivity index (χ2v) is 9.17. The van der Waals surface area contributed by atoms with Crippen LogP contribution in [0.1, 0.15) is 48.2 Å². The molecule has 180 valence electrons. The Morgan fingerprint density at radius 1 is 1.12 bits per heavy atom. The SMILES string of the molecule is C=C(O)[C@H](Cc1ccc(OCCCCC2CCNCC2)cc1)NC(=O)c1cc2ccccc2[nH]1. The molecule has 1 atom stereocenters. The number of hydrogen-bond donors (Lipinski definition) is 4. The zero-order valence-corrected chi connectivity index (χ0v) is 19.7. The molecule has 3 aromatic rings. The van der Waals surface area contributed by atoms with Crippen LogP contribution in [0.15, 0.2) is 66.9 Å². The second kappa shape index (κ2) is 11.7. The van der Waals surface area contributed by atoms with Gasteiger partial charge in [-0.3, -0.25) is 4.79 Å². The molecule has 34 heavy (non-hydrogen) atoms. The van der Waals surface area contributed by atoms with Crippen LogP contribution in [0.4, 0.5) is 0 Å². The number of H-pyrrole nitrogens is 1. The molecule has 2 aromatic carbocycles. The Hall–Kier alpha value is -3.25. The molecule has 0 bridgehead atoms. The van der Waals surface area contributed by atoms with Gasteiger partial charge in [-0.05, 0) is 80.9 Å². The molecule has 4 rings (SSSR count). The number of ether oxygens (including phenoxy) is 1. The van der Waals surface area contributed by atoms with Crippen LogP contribution in [-0.4, -0.2) is 41.7 Å². The van der Waals surface area contributed by atoms with Crippen molar-refractivity contribution in [1.29, 1.82) is 0 Å². The summed E-state index contributed by atoms with van der Waals surface area (Å²) in [6.45, 7) is 6.69. The number of amides is 1. The number of hydrogen-bond acceptors (Lipinski definition) is 4. The third-order valence-electron chi connectivity index (χ3n) is 6.58. The Morgan fingerprint density at radius 3 is 2.62 bits per heavy atom. The van der Waals surface area contributed by atoms with Crippen LogP contribution in [-0.2, 0) is 6.42 Å². The number of carbonyl (C=O) groups excluding carboxylic acids is 1. The monoisotopic (exact) mass is 461 g/mol.